The monoisotopic (exact) mass is 348 g/mol. The van der Waals surface area contributed by atoms with E-state index in [0.717, 1.165) is 22.3 Å². The zero-order valence-electron chi connectivity index (χ0n) is 15.2. The minimum Gasteiger partial charge on any atom is -0.465 e. The summed E-state index contributed by atoms with van der Waals surface area (Å²) in [4.78, 5) is 20.0. The molecular weight excluding hydrogens is 328 g/mol. The van der Waals surface area contributed by atoms with E-state index in [1.54, 1.807) is 18.2 Å². The lowest BCUT2D eigenvalue weighted by Crippen LogP contribution is -2.07. The van der Waals surface area contributed by atoms with E-state index in [-0.39, 0.29) is 12.0 Å². The van der Waals surface area contributed by atoms with Crippen LogP contribution in [0.25, 0.3) is 15.9 Å². The fourth-order valence-corrected chi connectivity index (χ4v) is 2.94. The van der Waals surface area contributed by atoms with Gasteiger partial charge in [-0.15, -0.1) is 0 Å². The largest absolute Gasteiger partial charge is 0.465 e. The van der Waals surface area contributed by atoms with Gasteiger partial charge >= 0.3 is 5.97 Å². The van der Waals surface area contributed by atoms with Gasteiger partial charge in [0.15, 0.2) is 5.69 Å². The standard InChI is InChI=1S/C20H20N4O2/c1-12(2)24-18-11-16(21-4)13(3)9-17(18)23-20(24)22-15-8-6-7-14(10-15)19(25)26-5/h6-12H,1-3,5H3,(H,22,23). The highest BCUT2D eigenvalue weighted by molar-refractivity contribution is 5.91. The second kappa shape index (κ2) is 6.89. The number of aromatic nitrogens is 2. The van der Waals surface area contributed by atoms with E-state index in [0.29, 0.717) is 17.2 Å². The Hall–Kier alpha value is -3.33. The van der Waals surface area contributed by atoms with Crippen LogP contribution in [-0.2, 0) is 4.74 Å². The zero-order chi connectivity index (χ0) is 18.8. The predicted octanol–water partition coefficient (Wildman–Crippen LogP) is 5.01. The lowest BCUT2D eigenvalue weighted by Gasteiger charge is -2.15. The summed E-state index contributed by atoms with van der Waals surface area (Å²) in [6.45, 7) is 13.4. The molecule has 1 heterocycles. The molecule has 1 aromatic heterocycles. The van der Waals surface area contributed by atoms with Gasteiger partial charge < -0.3 is 14.6 Å². The summed E-state index contributed by atoms with van der Waals surface area (Å²) in [5.74, 6) is 0.280. The maximum absolute atomic E-state index is 11.7. The number of aryl methyl sites for hydroxylation is 1. The van der Waals surface area contributed by atoms with Gasteiger partial charge in [0.1, 0.15) is 0 Å². The Morgan fingerprint density at radius 2 is 2.08 bits per heavy atom. The van der Waals surface area contributed by atoms with E-state index < -0.39 is 0 Å². The highest BCUT2D eigenvalue weighted by atomic mass is 16.5. The molecule has 0 aliphatic heterocycles. The number of benzene rings is 2. The lowest BCUT2D eigenvalue weighted by molar-refractivity contribution is 0.0601. The molecule has 0 aliphatic carbocycles. The fraction of sp³-hybridized carbons (Fsp3) is 0.250. The molecule has 0 saturated carbocycles. The maximum atomic E-state index is 11.7. The quantitative estimate of drug-likeness (QED) is 0.532. The van der Waals surface area contributed by atoms with Crippen molar-refractivity contribution in [1.82, 2.24) is 9.55 Å². The van der Waals surface area contributed by atoms with E-state index >= 15 is 0 Å². The second-order valence-corrected chi connectivity index (χ2v) is 6.34. The van der Waals surface area contributed by atoms with Crippen molar-refractivity contribution in [3.63, 3.8) is 0 Å². The summed E-state index contributed by atoms with van der Waals surface area (Å²) in [6.07, 6.45) is 0. The Kier molecular flexibility index (Phi) is 4.63. The first kappa shape index (κ1) is 17.5. The van der Waals surface area contributed by atoms with Gasteiger partial charge in [-0.1, -0.05) is 6.07 Å². The van der Waals surface area contributed by atoms with Crippen molar-refractivity contribution < 1.29 is 9.53 Å². The van der Waals surface area contributed by atoms with Crippen LogP contribution >= 0.6 is 0 Å². The molecular formula is C20H20N4O2. The highest BCUT2D eigenvalue weighted by Gasteiger charge is 2.16. The van der Waals surface area contributed by atoms with Crippen LogP contribution in [0.5, 0.6) is 0 Å². The molecule has 0 bridgehead atoms. The Morgan fingerprint density at radius 3 is 2.73 bits per heavy atom. The van der Waals surface area contributed by atoms with Crippen molar-refractivity contribution in [2.45, 2.75) is 26.8 Å². The summed E-state index contributed by atoms with van der Waals surface area (Å²) in [6, 6.07) is 11.0. The van der Waals surface area contributed by atoms with Crippen molar-refractivity contribution in [2.75, 3.05) is 12.4 Å². The number of fused-ring (bicyclic) bond motifs is 1. The number of ether oxygens (including phenoxy) is 1. The molecule has 0 radical (unpaired) electrons. The van der Waals surface area contributed by atoms with Crippen LogP contribution in [0.1, 0.15) is 35.8 Å². The Bertz CT molecular complexity index is 1030. The molecule has 0 amide bonds. The normalized spacial score (nSPS) is 10.8. The molecule has 0 aliphatic rings. The number of rotatable bonds is 4. The van der Waals surface area contributed by atoms with Crippen LogP contribution in [0.4, 0.5) is 17.3 Å². The number of hydrogen-bond donors (Lipinski definition) is 1. The molecule has 26 heavy (non-hydrogen) atoms. The van der Waals surface area contributed by atoms with Gasteiger partial charge in [-0.25, -0.2) is 14.6 Å². The molecule has 1 N–H and O–H groups in total. The molecule has 3 rings (SSSR count). The maximum Gasteiger partial charge on any atom is 0.337 e. The van der Waals surface area contributed by atoms with E-state index in [1.807, 2.05) is 29.7 Å². The van der Waals surface area contributed by atoms with Crippen LogP contribution in [0.3, 0.4) is 0 Å². The molecule has 0 atom stereocenters. The molecule has 0 fully saturated rings. The third-order valence-corrected chi connectivity index (χ3v) is 4.18. The molecule has 0 spiro atoms. The Balaban J connectivity index is 2.09. The van der Waals surface area contributed by atoms with Gasteiger partial charge in [0.25, 0.3) is 0 Å². The predicted molar refractivity (Wildman–Crippen MR) is 102 cm³/mol. The van der Waals surface area contributed by atoms with E-state index in [1.165, 1.54) is 7.11 Å². The molecule has 6 nitrogen and oxygen atoms in total. The smallest absolute Gasteiger partial charge is 0.337 e. The molecule has 6 heteroatoms. The van der Waals surface area contributed by atoms with Crippen LogP contribution in [0, 0.1) is 13.5 Å². The SMILES string of the molecule is [C-]#[N+]c1cc2c(cc1C)nc(Nc1cccc(C(=O)OC)c1)n2C(C)C. The topological polar surface area (TPSA) is 60.5 Å². The number of imidazole rings is 1. The fourth-order valence-electron chi connectivity index (χ4n) is 2.94. The number of methoxy groups -OCH3 is 1. The highest BCUT2D eigenvalue weighted by Crippen LogP contribution is 2.31. The average Bonchev–Trinajstić information content (AvgIpc) is 2.97. The van der Waals surface area contributed by atoms with Crippen molar-refractivity contribution in [2.24, 2.45) is 0 Å². The van der Waals surface area contributed by atoms with Crippen LogP contribution in [0.2, 0.25) is 0 Å². The summed E-state index contributed by atoms with van der Waals surface area (Å²) in [7, 11) is 1.36. The van der Waals surface area contributed by atoms with E-state index in [4.69, 9.17) is 16.3 Å². The molecule has 0 saturated heterocycles. The van der Waals surface area contributed by atoms with Gasteiger partial charge in [-0.05, 0) is 56.7 Å². The van der Waals surface area contributed by atoms with Gasteiger partial charge in [-0.3, -0.25) is 0 Å². The van der Waals surface area contributed by atoms with Crippen LogP contribution in [-0.4, -0.2) is 22.6 Å². The lowest BCUT2D eigenvalue weighted by atomic mass is 10.2. The van der Waals surface area contributed by atoms with Gasteiger partial charge in [-0.2, -0.15) is 0 Å². The van der Waals surface area contributed by atoms with Gasteiger partial charge in [0.05, 0.1) is 30.3 Å². The summed E-state index contributed by atoms with van der Waals surface area (Å²) < 4.78 is 6.82. The third-order valence-electron chi connectivity index (χ3n) is 4.18. The molecule has 132 valence electrons. The number of hydrogen-bond acceptors (Lipinski definition) is 4. The van der Waals surface area contributed by atoms with Gasteiger partial charge in [0.2, 0.25) is 5.95 Å². The van der Waals surface area contributed by atoms with E-state index in [9.17, 15) is 4.79 Å². The summed E-state index contributed by atoms with van der Waals surface area (Å²) >= 11 is 0. The first-order valence-electron chi connectivity index (χ1n) is 8.30. The Morgan fingerprint density at radius 1 is 1.31 bits per heavy atom. The van der Waals surface area contributed by atoms with Crippen LogP contribution < -0.4 is 5.32 Å². The van der Waals surface area contributed by atoms with Crippen molar-refractivity contribution in [3.05, 3.63) is 58.9 Å². The summed E-state index contributed by atoms with van der Waals surface area (Å²) in [5, 5.41) is 3.29. The number of anilines is 2. The average molecular weight is 348 g/mol. The molecule has 2 aromatic carbocycles. The number of esters is 1. The van der Waals surface area contributed by atoms with Crippen molar-refractivity contribution in [1.29, 1.82) is 0 Å². The summed E-state index contributed by atoms with van der Waals surface area (Å²) in [5.41, 5.74) is 4.47. The minimum absolute atomic E-state index is 0.146. The number of carbonyl (C=O) groups is 1. The zero-order valence-corrected chi connectivity index (χ0v) is 15.2. The number of carbonyl (C=O) groups excluding carboxylic acids is 1. The van der Waals surface area contributed by atoms with Crippen LogP contribution in [0.15, 0.2) is 36.4 Å². The number of nitrogens with zero attached hydrogens (tertiary/aromatic N) is 3. The van der Waals surface area contributed by atoms with Gasteiger partial charge in [0, 0.05) is 11.7 Å². The molecule has 0 unspecified atom stereocenters. The number of nitrogens with one attached hydrogen (secondary N) is 1. The van der Waals surface area contributed by atoms with E-state index in [2.05, 4.69) is 24.0 Å². The first-order valence-corrected chi connectivity index (χ1v) is 8.30. The molecule has 3 aromatic rings. The minimum atomic E-state index is -0.386. The van der Waals surface area contributed by atoms with Crippen molar-refractivity contribution >= 4 is 34.3 Å². The first-order chi connectivity index (χ1) is 12.4. The van der Waals surface area contributed by atoms with Crippen molar-refractivity contribution in [3.8, 4) is 0 Å². The third kappa shape index (κ3) is 3.11. The Labute approximate surface area is 152 Å². The second-order valence-electron chi connectivity index (χ2n) is 6.34.